The third-order valence-electron chi connectivity index (χ3n) is 4.02. The minimum Gasteiger partial charge on any atom is -0.353 e. The Balaban J connectivity index is 1.61. The number of aromatic nitrogens is 3. The van der Waals surface area contributed by atoms with Gasteiger partial charge in [0.05, 0.1) is 33.1 Å². The highest BCUT2D eigenvalue weighted by Gasteiger charge is 2.28. The predicted molar refractivity (Wildman–Crippen MR) is 97.5 cm³/mol. The third kappa shape index (κ3) is 2.90. The van der Waals surface area contributed by atoms with Crippen LogP contribution in [0.5, 0.6) is 0 Å². The third-order valence-corrected chi connectivity index (χ3v) is 4.99. The molecule has 8 heteroatoms. The lowest BCUT2D eigenvalue weighted by Gasteiger charge is -2.40. The minimum absolute atomic E-state index is 0.225. The average Bonchev–Trinajstić information content (AvgIpc) is 2.95. The first-order chi connectivity index (χ1) is 11.6. The number of para-hydroxylation sites is 2. The molecule has 0 bridgehead atoms. The number of H-pyrrole nitrogens is 1. The second kappa shape index (κ2) is 6.16. The number of benzene rings is 1. The van der Waals surface area contributed by atoms with Crippen LogP contribution in [-0.2, 0) is 11.0 Å². The molecule has 1 unspecified atom stereocenters. The number of nitrogens with zero attached hydrogens (tertiary/aromatic N) is 3. The predicted octanol–water partition coefficient (Wildman–Crippen LogP) is 2.35. The van der Waals surface area contributed by atoms with Crippen molar-refractivity contribution in [2.24, 2.45) is 0 Å². The topological polar surface area (TPSA) is 73.9 Å². The molecule has 0 amide bonds. The highest BCUT2D eigenvalue weighted by Crippen LogP contribution is 2.31. The first kappa shape index (κ1) is 15.6. The van der Waals surface area contributed by atoms with E-state index in [9.17, 15) is 4.21 Å². The number of hydrogen-bond acceptors (Lipinski definition) is 4. The van der Waals surface area contributed by atoms with Crippen LogP contribution in [-0.4, -0.2) is 44.5 Å². The molecule has 124 valence electrons. The largest absolute Gasteiger partial charge is 0.353 e. The van der Waals surface area contributed by atoms with Gasteiger partial charge in [-0.2, -0.15) is 0 Å². The normalized spacial score (nSPS) is 16.3. The zero-order valence-electron chi connectivity index (χ0n) is 13.0. The number of aromatic amines is 1. The molecule has 0 saturated carbocycles. The smallest absolute Gasteiger partial charge is 0.140 e. The molecule has 4 rings (SSSR count). The van der Waals surface area contributed by atoms with Crippen LogP contribution in [0, 0.1) is 0 Å². The summed E-state index contributed by atoms with van der Waals surface area (Å²) in [4.78, 5) is 14.4. The Bertz CT molecular complexity index is 889. The van der Waals surface area contributed by atoms with Gasteiger partial charge in [0.2, 0.25) is 0 Å². The molecular weight excluding hydrogens is 346 g/mol. The lowest BCUT2D eigenvalue weighted by atomic mass is 10.1. The number of hydrogen-bond donors (Lipinski definition) is 2. The molecule has 3 aromatic rings. The van der Waals surface area contributed by atoms with Gasteiger partial charge in [-0.3, -0.25) is 0 Å². The zero-order valence-corrected chi connectivity index (χ0v) is 14.6. The number of pyridine rings is 1. The minimum atomic E-state index is -0.996. The number of nitrogens with one attached hydrogen (secondary N) is 2. The van der Waals surface area contributed by atoms with Crippen molar-refractivity contribution >= 4 is 39.4 Å². The zero-order chi connectivity index (χ0) is 16.7. The maximum Gasteiger partial charge on any atom is 0.140 e. The van der Waals surface area contributed by atoms with Gasteiger partial charge in [0.15, 0.2) is 0 Å². The molecule has 0 spiro atoms. The summed E-state index contributed by atoms with van der Waals surface area (Å²) in [7, 11) is -0.996. The standard InChI is InChI=1S/C16H16ClN5OS/c1-24(23)21-10-8-22(9-10)15-6-11(12(17)7-18-15)16-19-13-4-2-3-5-14(13)20-16/h2-7,10,21H,8-9H2,1H3,(H,19,20). The molecule has 1 fully saturated rings. The summed E-state index contributed by atoms with van der Waals surface area (Å²) in [5.41, 5.74) is 2.70. The number of imidazole rings is 1. The van der Waals surface area contributed by atoms with Gasteiger partial charge in [0, 0.05) is 31.1 Å². The van der Waals surface area contributed by atoms with E-state index >= 15 is 0 Å². The maximum atomic E-state index is 11.2. The van der Waals surface area contributed by atoms with E-state index in [0.717, 1.165) is 41.3 Å². The van der Waals surface area contributed by atoms with Crippen LogP contribution in [0.1, 0.15) is 0 Å². The van der Waals surface area contributed by atoms with E-state index in [2.05, 4.69) is 24.6 Å². The second-order valence-electron chi connectivity index (χ2n) is 5.80. The highest BCUT2D eigenvalue weighted by molar-refractivity contribution is 7.82. The van der Waals surface area contributed by atoms with Crippen molar-refractivity contribution in [3.05, 3.63) is 41.6 Å². The van der Waals surface area contributed by atoms with E-state index in [-0.39, 0.29) is 6.04 Å². The Morgan fingerprint density at radius 3 is 2.92 bits per heavy atom. The first-order valence-corrected chi connectivity index (χ1v) is 9.49. The molecule has 1 saturated heterocycles. The first-order valence-electron chi connectivity index (χ1n) is 7.55. The fraction of sp³-hybridized carbons (Fsp3) is 0.250. The summed E-state index contributed by atoms with van der Waals surface area (Å²) in [6, 6.07) is 10.0. The van der Waals surface area contributed by atoms with Gasteiger partial charge in [-0.15, -0.1) is 0 Å². The van der Waals surface area contributed by atoms with Crippen LogP contribution in [0.3, 0.4) is 0 Å². The van der Waals surface area contributed by atoms with E-state index in [1.54, 1.807) is 12.5 Å². The molecule has 3 heterocycles. The van der Waals surface area contributed by atoms with Gasteiger partial charge in [0.25, 0.3) is 0 Å². The van der Waals surface area contributed by atoms with Crippen LogP contribution in [0.2, 0.25) is 5.02 Å². The molecule has 0 radical (unpaired) electrons. The monoisotopic (exact) mass is 361 g/mol. The molecule has 6 nitrogen and oxygen atoms in total. The molecule has 2 aromatic heterocycles. The van der Waals surface area contributed by atoms with E-state index in [1.807, 2.05) is 30.3 Å². The molecule has 1 aromatic carbocycles. The Morgan fingerprint density at radius 2 is 2.17 bits per heavy atom. The van der Waals surface area contributed by atoms with Crippen molar-refractivity contribution in [3.8, 4) is 11.4 Å². The van der Waals surface area contributed by atoms with Crippen molar-refractivity contribution in [1.29, 1.82) is 0 Å². The van der Waals surface area contributed by atoms with Crippen LogP contribution in [0.25, 0.3) is 22.4 Å². The number of halogens is 1. The lowest BCUT2D eigenvalue weighted by molar-refractivity contribution is 0.481. The molecule has 0 aliphatic carbocycles. The van der Waals surface area contributed by atoms with Crippen molar-refractivity contribution in [1.82, 2.24) is 19.7 Å². The van der Waals surface area contributed by atoms with Crippen molar-refractivity contribution in [2.75, 3.05) is 24.2 Å². The van der Waals surface area contributed by atoms with Crippen molar-refractivity contribution in [3.63, 3.8) is 0 Å². The van der Waals surface area contributed by atoms with Gasteiger partial charge in [-0.1, -0.05) is 23.7 Å². The van der Waals surface area contributed by atoms with Gasteiger partial charge in [0.1, 0.15) is 11.6 Å². The molecule has 1 atom stereocenters. The maximum absolute atomic E-state index is 11.2. The Hall–Kier alpha value is -1.96. The average molecular weight is 362 g/mol. The molecular formula is C16H16ClN5OS. The second-order valence-corrected chi connectivity index (χ2v) is 7.35. The SMILES string of the molecule is CS(=O)NC1CN(c2cc(-c3nc4ccccc4[nH]3)c(Cl)cn2)C1. The van der Waals surface area contributed by atoms with E-state index in [1.165, 1.54) is 0 Å². The highest BCUT2D eigenvalue weighted by atomic mass is 35.5. The number of rotatable bonds is 4. The summed E-state index contributed by atoms with van der Waals surface area (Å²) in [5.74, 6) is 1.57. The molecule has 1 aliphatic rings. The summed E-state index contributed by atoms with van der Waals surface area (Å²) < 4.78 is 14.2. The van der Waals surface area contributed by atoms with Crippen LogP contribution in [0.15, 0.2) is 36.5 Å². The van der Waals surface area contributed by atoms with Gasteiger partial charge >= 0.3 is 0 Å². The number of fused-ring (bicyclic) bond motifs is 1. The Morgan fingerprint density at radius 1 is 1.38 bits per heavy atom. The number of anilines is 1. The fourth-order valence-electron chi connectivity index (χ4n) is 2.84. The Kier molecular flexibility index (Phi) is 3.99. The fourth-order valence-corrected chi connectivity index (χ4v) is 3.65. The molecule has 2 N–H and O–H groups in total. The van der Waals surface area contributed by atoms with E-state index in [4.69, 9.17) is 11.6 Å². The van der Waals surface area contributed by atoms with Gasteiger partial charge in [-0.25, -0.2) is 18.9 Å². The Labute approximate surface area is 146 Å². The summed E-state index contributed by atoms with van der Waals surface area (Å²) in [6.45, 7) is 1.54. The lowest BCUT2D eigenvalue weighted by Crippen LogP contribution is -2.58. The summed E-state index contributed by atoms with van der Waals surface area (Å²) >= 11 is 6.33. The summed E-state index contributed by atoms with van der Waals surface area (Å²) in [6.07, 6.45) is 3.29. The van der Waals surface area contributed by atoms with E-state index < -0.39 is 11.0 Å². The van der Waals surface area contributed by atoms with Crippen LogP contribution in [0.4, 0.5) is 5.82 Å². The molecule has 1 aliphatic heterocycles. The van der Waals surface area contributed by atoms with Crippen molar-refractivity contribution < 1.29 is 4.21 Å². The summed E-state index contributed by atoms with van der Waals surface area (Å²) in [5, 5.41) is 0.558. The molecule has 24 heavy (non-hydrogen) atoms. The van der Waals surface area contributed by atoms with Crippen molar-refractivity contribution in [2.45, 2.75) is 6.04 Å². The van der Waals surface area contributed by atoms with E-state index in [0.29, 0.717) is 5.02 Å². The van der Waals surface area contributed by atoms with Crippen LogP contribution >= 0.6 is 11.6 Å². The quantitative estimate of drug-likeness (QED) is 0.748. The van der Waals surface area contributed by atoms with Gasteiger partial charge in [-0.05, 0) is 18.2 Å². The van der Waals surface area contributed by atoms with Gasteiger partial charge < -0.3 is 9.88 Å². The van der Waals surface area contributed by atoms with Crippen LogP contribution < -0.4 is 9.62 Å².